The molecular weight excluding hydrogens is 396 g/mol. The molecule has 2 N–H and O–H groups in total. The van der Waals surface area contributed by atoms with Gasteiger partial charge in [-0.1, -0.05) is 25.3 Å². The molecule has 0 aliphatic heterocycles. The van der Waals surface area contributed by atoms with E-state index in [1.165, 1.54) is 19.6 Å². The number of amides is 3. The van der Waals surface area contributed by atoms with Crippen LogP contribution in [-0.2, 0) is 11.3 Å². The Kier molecular flexibility index (Phi) is 9.63. The molecule has 3 amide bonds. The Balaban J connectivity index is 1.70. The van der Waals surface area contributed by atoms with Crippen molar-refractivity contribution in [1.29, 1.82) is 0 Å². The Bertz CT molecular complexity index is 697. The zero-order chi connectivity index (χ0) is 21.9. The largest absolute Gasteiger partial charge is 0.493 e. The van der Waals surface area contributed by atoms with Crippen molar-refractivity contribution in [2.45, 2.75) is 64.1 Å². The van der Waals surface area contributed by atoms with Crippen LogP contribution in [0.3, 0.4) is 0 Å². The van der Waals surface area contributed by atoms with Crippen molar-refractivity contribution in [2.24, 2.45) is 0 Å². The van der Waals surface area contributed by atoms with Gasteiger partial charge in [-0.25, -0.2) is 4.79 Å². The number of hydrogen-bond acceptors (Lipinski definition) is 4. The molecule has 30 heavy (non-hydrogen) atoms. The van der Waals surface area contributed by atoms with E-state index in [1.54, 1.807) is 24.1 Å². The third-order valence-corrected chi connectivity index (χ3v) is 5.08. The first-order valence-electron chi connectivity index (χ1n) is 10.3. The van der Waals surface area contributed by atoms with Crippen LogP contribution in [-0.4, -0.2) is 50.2 Å². The number of ether oxygens (including phenoxy) is 2. The van der Waals surface area contributed by atoms with Crippen LogP contribution in [0.1, 0.15) is 50.5 Å². The summed E-state index contributed by atoms with van der Waals surface area (Å²) in [4.78, 5) is 25.8. The van der Waals surface area contributed by atoms with Crippen LogP contribution >= 0.6 is 0 Å². The lowest BCUT2D eigenvalue weighted by Gasteiger charge is -2.23. The van der Waals surface area contributed by atoms with E-state index in [4.69, 9.17) is 4.74 Å². The Morgan fingerprint density at radius 2 is 1.93 bits per heavy atom. The molecule has 0 heterocycles. The molecular formula is C21H31F2N3O4. The molecule has 0 atom stereocenters. The van der Waals surface area contributed by atoms with Gasteiger partial charge in [0.15, 0.2) is 11.5 Å². The molecule has 1 fully saturated rings. The van der Waals surface area contributed by atoms with Crippen LogP contribution in [0.15, 0.2) is 18.2 Å². The quantitative estimate of drug-likeness (QED) is 0.559. The minimum Gasteiger partial charge on any atom is -0.493 e. The highest BCUT2D eigenvalue weighted by atomic mass is 19.3. The van der Waals surface area contributed by atoms with Crippen molar-refractivity contribution in [3.8, 4) is 11.5 Å². The number of nitrogens with one attached hydrogen (secondary N) is 2. The van der Waals surface area contributed by atoms with Gasteiger partial charge in [0.2, 0.25) is 5.91 Å². The third kappa shape index (κ3) is 8.04. The maximum atomic E-state index is 12.4. The van der Waals surface area contributed by atoms with Crippen molar-refractivity contribution < 1.29 is 27.8 Å². The standard InChI is InChI=1S/C21H31F2N3O4/c1-26(14-15-10-11-17(30-20(22)23)18(13-15)29-2)19(27)9-6-12-24-21(28)25-16-7-4-3-5-8-16/h10-11,13,16,20H,3-9,12,14H2,1-2H3,(H2,24,25,28). The van der Waals surface area contributed by atoms with Crippen molar-refractivity contribution in [3.05, 3.63) is 23.8 Å². The summed E-state index contributed by atoms with van der Waals surface area (Å²) >= 11 is 0. The topological polar surface area (TPSA) is 79.9 Å². The molecule has 0 aromatic heterocycles. The predicted molar refractivity (Wildman–Crippen MR) is 109 cm³/mol. The summed E-state index contributed by atoms with van der Waals surface area (Å²) < 4.78 is 34.3. The van der Waals surface area contributed by atoms with E-state index in [0.29, 0.717) is 25.9 Å². The summed E-state index contributed by atoms with van der Waals surface area (Å²) in [6.07, 6.45) is 6.41. The first-order chi connectivity index (χ1) is 14.4. The molecule has 1 aromatic carbocycles. The number of alkyl halides is 2. The van der Waals surface area contributed by atoms with Gasteiger partial charge in [0.1, 0.15) is 0 Å². The molecule has 7 nitrogen and oxygen atoms in total. The second-order valence-electron chi connectivity index (χ2n) is 7.45. The summed E-state index contributed by atoms with van der Waals surface area (Å²) in [7, 11) is 3.03. The number of rotatable bonds is 10. The summed E-state index contributed by atoms with van der Waals surface area (Å²) in [5.41, 5.74) is 0.731. The number of methoxy groups -OCH3 is 1. The smallest absolute Gasteiger partial charge is 0.387 e. The molecule has 0 saturated heterocycles. The van der Waals surface area contributed by atoms with Gasteiger partial charge in [0.25, 0.3) is 0 Å². The lowest BCUT2D eigenvalue weighted by Crippen LogP contribution is -2.43. The number of urea groups is 1. The fraction of sp³-hybridized carbons (Fsp3) is 0.619. The fourth-order valence-corrected chi connectivity index (χ4v) is 3.48. The van der Waals surface area contributed by atoms with Gasteiger partial charge in [-0.2, -0.15) is 8.78 Å². The summed E-state index contributed by atoms with van der Waals surface area (Å²) in [5, 5.41) is 5.77. The van der Waals surface area contributed by atoms with Crippen LogP contribution in [0.2, 0.25) is 0 Å². The second kappa shape index (κ2) is 12.2. The number of carbonyl (C=O) groups is 2. The van der Waals surface area contributed by atoms with E-state index in [0.717, 1.165) is 31.2 Å². The van der Waals surface area contributed by atoms with Crippen LogP contribution in [0.5, 0.6) is 11.5 Å². The Hall–Kier alpha value is -2.58. The number of hydrogen-bond donors (Lipinski definition) is 2. The average Bonchev–Trinajstić information content (AvgIpc) is 2.72. The number of carbonyl (C=O) groups excluding carboxylic acids is 2. The molecule has 1 saturated carbocycles. The molecule has 1 aromatic rings. The minimum absolute atomic E-state index is 0.0530. The van der Waals surface area contributed by atoms with Crippen molar-refractivity contribution >= 4 is 11.9 Å². The van der Waals surface area contributed by atoms with Crippen molar-refractivity contribution in [3.63, 3.8) is 0 Å². The first kappa shape index (κ1) is 23.7. The van der Waals surface area contributed by atoms with E-state index < -0.39 is 6.61 Å². The van der Waals surface area contributed by atoms with Gasteiger partial charge in [-0.3, -0.25) is 4.79 Å². The van der Waals surface area contributed by atoms with Crippen molar-refractivity contribution in [2.75, 3.05) is 20.7 Å². The first-order valence-corrected chi connectivity index (χ1v) is 10.3. The molecule has 1 aliphatic rings. The molecule has 9 heteroatoms. The van der Waals surface area contributed by atoms with E-state index in [1.807, 2.05) is 0 Å². The highest BCUT2D eigenvalue weighted by molar-refractivity contribution is 5.76. The maximum absolute atomic E-state index is 12.4. The molecule has 168 valence electrons. The van der Waals surface area contributed by atoms with Gasteiger partial charge in [-0.15, -0.1) is 0 Å². The summed E-state index contributed by atoms with van der Waals surface area (Å²) in [5.74, 6) is 0.0565. The van der Waals surface area contributed by atoms with Crippen LogP contribution < -0.4 is 20.1 Å². The fourth-order valence-electron chi connectivity index (χ4n) is 3.48. The van der Waals surface area contributed by atoms with Gasteiger partial charge < -0.3 is 25.0 Å². The zero-order valence-electron chi connectivity index (χ0n) is 17.6. The van der Waals surface area contributed by atoms with Crippen LogP contribution in [0.4, 0.5) is 13.6 Å². The predicted octanol–water partition coefficient (Wildman–Crippen LogP) is 3.67. The minimum atomic E-state index is -2.94. The van der Waals surface area contributed by atoms with E-state index >= 15 is 0 Å². The van der Waals surface area contributed by atoms with Crippen LogP contribution in [0.25, 0.3) is 0 Å². The Morgan fingerprint density at radius 1 is 1.20 bits per heavy atom. The number of nitrogens with zero attached hydrogens (tertiary/aromatic N) is 1. The molecule has 1 aliphatic carbocycles. The average molecular weight is 427 g/mol. The lowest BCUT2D eigenvalue weighted by atomic mass is 9.96. The summed E-state index contributed by atoms with van der Waals surface area (Å²) in [6.45, 7) is -2.21. The third-order valence-electron chi connectivity index (χ3n) is 5.08. The van der Waals surface area contributed by atoms with Gasteiger partial charge >= 0.3 is 12.6 Å². The van der Waals surface area contributed by atoms with Crippen LogP contribution in [0, 0.1) is 0 Å². The number of benzene rings is 1. The monoisotopic (exact) mass is 427 g/mol. The Labute approximate surface area is 176 Å². The highest BCUT2D eigenvalue weighted by Crippen LogP contribution is 2.29. The molecule has 0 unspecified atom stereocenters. The molecule has 0 spiro atoms. The zero-order valence-corrected chi connectivity index (χ0v) is 17.6. The molecule has 0 radical (unpaired) electrons. The maximum Gasteiger partial charge on any atom is 0.387 e. The van der Waals surface area contributed by atoms with Crippen molar-refractivity contribution in [1.82, 2.24) is 15.5 Å². The SMILES string of the molecule is COc1cc(CN(C)C(=O)CCCNC(=O)NC2CCCCC2)ccc1OC(F)F. The normalized spacial score (nSPS) is 14.3. The van der Waals surface area contributed by atoms with E-state index in [2.05, 4.69) is 15.4 Å². The van der Waals surface area contributed by atoms with E-state index in [9.17, 15) is 18.4 Å². The summed E-state index contributed by atoms with van der Waals surface area (Å²) in [6, 6.07) is 4.65. The van der Waals surface area contributed by atoms with Gasteiger partial charge in [0.05, 0.1) is 7.11 Å². The number of halogens is 2. The van der Waals surface area contributed by atoms with E-state index in [-0.39, 0.29) is 29.5 Å². The Morgan fingerprint density at radius 3 is 2.60 bits per heavy atom. The molecule has 0 bridgehead atoms. The van der Waals surface area contributed by atoms with Gasteiger partial charge in [0, 0.05) is 32.6 Å². The lowest BCUT2D eigenvalue weighted by molar-refractivity contribution is -0.130. The molecule has 2 rings (SSSR count). The van der Waals surface area contributed by atoms with Gasteiger partial charge in [-0.05, 0) is 37.0 Å². The highest BCUT2D eigenvalue weighted by Gasteiger charge is 2.16. The second-order valence-corrected chi connectivity index (χ2v) is 7.45.